The molecular formula is C20H26N4O4S2. The van der Waals surface area contributed by atoms with Gasteiger partial charge in [0.15, 0.2) is 15.0 Å². The van der Waals surface area contributed by atoms with E-state index in [4.69, 9.17) is 4.74 Å². The highest BCUT2D eigenvalue weighted by Crippen LogP contribution is 2.31. The highest BCUT2D eigenvalue weighted by Gasteiger charge is 2.33. The van der Waals surface area contributed by atoms with Crippen LogP contribution in [0.3, 0.4) is 0 Å². The molecule has 1 aliphatic rings. The van der Waals surface area contributed by atoms with Gasteiger partial charge in [0.1, 0.15) is 11.6 Å². The van der Waals surface area contributed by atoms with Crippen LogP contribution in [-0.2, 0) is 27.7 Å². The average Bonchev–Trinajstić information content (AvgIpc) is 3.29. The van der Waals surface area contributed by atoms with Gasteiger partial charge in [-0.2, -0.15) is 0 Å². The van der Waals surface area contributed by atoms with Crippen molar-refractivity contribution in [3.05, 3.63) is 48.3 Å². The lowest BCUT2D eigenvalue weighted by Gasteiger charge is -2.14. The second kappa shape index (κ2) is 9.65. The highest BCUT2D eigenvalue weighted by molar-refractivity contribution is 8.00. The van der Waals surface area contributed by atoms with Crippen molar-refractivity contribution >= 4 is 27.5 Å². The van der Waals surface area contributed by atoms with Crippen LogP contribution in [0.5, 0.6) is 5.75 Å². The van der Waals surface area contributed by atoms with Crippen LogP contribution in [0.1, 0.15) is 30.7 Å². The fourth-order valence-electron chi connectivity index (χ4n) is 3.28. The predicted octanol–water partition coefficient (Wildman–Crippen LogP) is 2.17. The van der Waals surface area contributed by atoms with Crippen molar-refractivity contribution in [1.82, 2.24) is 20.1 Å². The SMILES string of the molecule is C=CCn1c(S[C@H](C)C(=O)NCc2ccc(OC)cc2)nnc1[C@@H]1CCS(=O)(=O)C1. The summed E-state index contributed by atoms with van der Waals surface area (Å²) in [4.78, 5) is 12.5. The molecule has 0 aliphatic carbocycles. The zero-order valence-corrected chi connectivity index (χ0v) is 18.7. The molecule has 1 aliphatic heterocycles. The van der Waals surface area contributed by atoms with Crippen molar-refractivity contribution in [3.63, 3.8) is 0 Å². The Labute approximate surface area is 181 Å². The lowest BCUT2D eigenvalue weighted by molar-refractivity contribution is -0.120. The van der Waals surface area contributed by atoms with Gasteiger partial charge in [-0.25, -0.2) is 8.42 Å². The third-order valence-electron chi connectivity index (χ3n) is 4.93. The number of hydrogen-bond acceptors (Lipinski definition) is 7. The number of allylic oxidation sites excluding steroid dienone is 1. The van der Waals surface area contributed by atoms with Gasteiger partial charge in [-0.3, -0.25) is 4.79 Å². The van der Waals surface area contributed by atoms with Crippen LogP contribution in [0.25, 0.3) is 0 Å². The van der Waals surface area contributed by atoms with E-state index >= 15 is 0 Å². The summed E-state index contributed by atoms with van der Waals surface area (Å²) in [6.45, 7) is 6.45. The number of amides is 1. The third-order valence-corrected chi connectivity index (χ3v) is 7.78. The number of carbonyl (C=O) groups is 1. The highest BCUT2D eigenvalue weighted by atomic mass is 32.2. The molecule has 30 heavy (non-hydrogen) atoms. The third kappa shape index (κ3) is 5.42. The van der Waals surface area contributed by atoms with Gasteiger partial charge in [-0.15, -0.1) is 16.8 Å². The van der Waals surface area contributed by atoms with Crippen molar-refractivity contribution in [2.45, 2.75) is 42.8 Å². The maximum absolute atomic E-state index is 12.5. The number of thioether (sulfide) groups is 1. The van der Waals surface area contributed by atoms with Crippen molar-refractivity contribution in [2.75, 3.05) is 18.6 Å². The molecule has 162 valence electrons. The molecule has 3 rings (SSSR count). The summed E-state index contributed by atoms with van der Waals surface area (Å²) < 4.78 is 30.7. The van der Waals surface area contributed by atoms with E-state index in [1.165, 1.54) is 11.8 Å². The van der Waals surface area contributed by atoms with Crippen molar-refractivity contribution in [3.8, 4) is 5.75 Å². The number of ether oxygens (including phenoxy) is 1. The summed E-state index contributed by atoms with van der Waals surface area (Å²) in [5, 5.41) is 11.6. The first-order valence-electron chi connectivity index (χ1n) is 9.64. The second-order valence-electron chi connectivity index (χ2n) is 7.17. The van der Waals surface area contributed by atoms with E-state index in [0.717, 1.165) is 11.3 Å². The Bertz CT molecular complexity index is 1000. The van der Waals surface area contributed by atoms with Crippen LogP contribution in [-0.4, -0.2) is 53.0 Å². The van der Waals surface area contributed by atoms with E-state index in [-0.39, 0.29) is 23.3 Å². The van der Waals surface area contributed by atoms with Gasteiger partial charge in [0.25, 0.3) is 0 Å². The van der Waals surface area contributed by atoms with Crippen LogP contribution in [0.15, 0.2) is 42.1 Å². The summed E-state index contributed by atoms with van der Waals surface area (Å²) in [5.74, 6) is 1.38. The molecule has 0 bridgehead atoms. The monoisotopic (exact) mass is 450 g/mol. The van der Waals surface area contributed by atoms with Gasteiger partial charge in [0, 0.05) is 19.0 Å². The number of nitrogens with zero attached hydrogens (tertiary/aromatic N) is 3. The minimum absolute atomic E-state index is 0.0881. The Kier molecular flexibility index (Phi) is 7.19. The van der Waals surface area contributed by atoms with E-state index in [9.17, 15) is 13.2 Å². The molecule has 2 atom stereocenters. The average molecular weight is 451 g/mol. The maximum Gasteiger partial charge on any atom is 0.233 e. The lowest BCUT2D eigenvalue weighted by atomic mass is 10.1. The second-order valence-corrected chi connectivity index (χ2v) is 10.7. The number of aromatic nitrogens is 3. The molecule has 1 saturated heterocycles. The number of hydrogen-bond donors (Lipinski definition) is 1. The van der Waals surface area contributed by atoms with Crippen molar-refractivity contribution in [2.24, 2.45) is 0 Å². The molecule has 0 spiro atoms. The van der Waals surface area contributed by atoms with Crippen LogP contribution >= 0.6 is 11.8 Å². The van der Waals surface area contributed by atoms with E-state index in [2.05, 4.69) is 22.1 Å². The molecule has 10 heteroatoms. The number of benzene rings is 1. The Morgan fingerprint density at radius 2 is 2.13 bits per heavy atom. The lowest BCUT2D eigenvalue weighted by Crippen LogP contribution is -2.30. The number of methoxy groups -OCH3 is 1. The quantitative estimate of drug-likeness (QED) is 0.461. The summed E-state index contributed by atoms with van der Waals surface area (Å²) in [6, 6.07) is 7.50. The standard InChI is InChI=1S/C20H26N4O4S2/c1-4-10-24-18(16-9-11-30(26,27)13-16)22-23-20(24)29-14(2)19(25)21-12-15-5-7-17(28-3)8-6-15/h4-8,14,16H,1,9-13H2,2-3H3,(H,21,25)/t14-,16-/m1/s1. The Morgan fingerprint density at radius 3 is 2.73 bits per heavy atom. The largest absolute Gasteiger partial charge is 0.497 e. The van der Waals surface area contributed by atoms with E-state index in [0.29, 0.717) is 30.5 Å². The van der Waals surface area contributed by atoms with Crippen LogP contribution in [0.4, 0.5) is 0 Å². The summed E-state index contributed by atoms with van der Waals surface area (Å²) >= 11 is 1.30. The molecule has 1 fully saturated rings. The molecule has 1 amide bonds. The molecular weight excluding hydrogens is 424 g/mol. The molecule has 0 unspecified atom stereocenters. The van der Waals surface area contributed by atoms with Gasteiger partial charge < -0.3 is 14.6 Å². The van der Waals surface area contributed by atoms with E-state index < -0.39 is 15.1 Å². The van der Waals surface area contributed by atoms with Gasteiger partial charge in [0.2, 0.25) is 5.91 Å². The zero-order valence-electron chi connectivity index (χ0n) is 17.1. The van der Waals surface area contributed by atoms with E-state index in [1.54, 1.807) is 20.1 Å². The van der Waals surface area contributed by atoms with Crippen molar-refractivity contribution < 1.29 is 17.9 Å². The summed E-state index contributed by atoms with van der Waals surface area (Å²) in [5.41, 5.74) is 0.973. The predicted molar refractivity (Wildman–Crippen MR) is 116 cm³/mol. The summed E-state index contributed by atoms with van der Waals surface area (Å²) in [7, 11) is -1.42. The molecule has 2 aromatic rings. The first-order valence-corrected chi connectivity index (χ1v) is 12.3. The minimum Gasteiger partial charge on any atom is -0.497 e. The van der Waals surface area contributed by atoms with Gasteiger partial charge in [-0.1, -0.05) is 30.0 Å². The molecule has 1 aromatic heterocycles. The molecule has 8 nitrogen and oxygen atoms in total. The fourth-order valence-corrected chi connectivity index (χ4v) is 5.91. The van der Waals surface area contributed by atoms with Crippen molar-refractivity contribution in [1.29, 1.82) is 0 Å². The Morgan fingerprint density at radius 1 is 1.40 bits per heavy atom. The number of carbonyl (C=O) groups excluding carboxylic acids is 1. The smallest absolute Gasteiger partial charge is 0.233 e. The molecule has 2 heterocycles. The Hall–Kier alpha value is -2.33. The molecule has 0 saturated carbocycles. The molecule has 0 radical (unpaired) electrons. The van der Waals surface area contributed by atoms with Crippen LogP contribution in [0, 0.1) is 0 Å². The number of sulfone groups is 1. The van der Waals surface area contributed by atoms with Crippen LogP contribution in [0.2, 0.25) is 0 Å². The normalized spacial score (nSPS) is 18.7. The zero-order chi connectivity index (χ0) is 21.7. The van der Waals surface area contributed by atoms with Gasteiger partial charge in [0.05, 0.1) is 23.9 Å². The topological polar surface area (TPSA) is 103 Å². The maximum atomic E-state index is 12.5. The minimum atomic E-state index is -3.03. The molecule has 1 N–H and O–H groups in total. The van der Waals surface area contributed by atoms with E-state index in [1.807, 2.05) is 28.8 Å². The number of nitrogens with one attached hydrogen (secondary N) is 1. The van der Waals surface area contributed by atoms with Gasteiger partial charge in [-0.05, 0) is 31.0 Å². The van der Waals surface area contributed by atoms with Crippen LogP contribution < -0.4 is 10.1 Å². The fraction of sp³-hybridized carbons (Fsp3) is 0.450. The van der Waals surface area contributed by atoms with Gasteiger partial charge >= 0.3 is 0 Å². The number of rotatable bonds is 9. The molecule has 1 aromatic carbocycles. The first kappa shape index (κ1) is 22.4. The summed E-state index contributed by atoms with van der Waals surface area (Å²) in [6.07, 6.45) is 2.26. The Balaban J connectivity index is 1.64. The first-order chi connectivity index (χ1) is 14.3.